The Morgan fingerprint density at radius 1 is 1.24 bits per heavy atom. The molecule has 0 unspecified atom stereocenters. The SMILES string of the molecule is Cn1cncc1C[C@H](NC(=O)CN)C(=O)N[C@@H](CCCCN)C(=O)O. The Kier molecular flexibility index (Phi) is 8.57. The van der Waals surface area contributed by atoms with Crippen LogP contribution in [-0.2, 0) is 27.9 Å². The number of aromatic nitrogens is 2. The van der Waals surface area contributed by atoms with Crippen LogP contribution in [0.1, 0.15) is 25.0 Å². The van der Waals surface area contributed by atoms with Crippen molar-refractivity contribution in [2.75, 3.05) is 13.1 Å². The van der Waals surface area contributed by atoms with Gasteiger partial charge in [0, 0.05) is 25.4 Å². The van der Waals surface area contributed by atoms with Gasteiger partial charge in [0.05, 0.1) is 12.9 Å². The molecule has 1 rings (SSSR count). The number of aliphatic carboxylic acids is 1. The Bertz CT molecular complexity index is 588. The van der Waals surface area contributed by atoms with Crippen molar-refractivity contribution in [3.63, 3.8) is 0 Å². The van der Waals surface area contributed by atoms with Gasteiger partial charge in [-0.15, -0.1) is 0 Å². The molecule has 10 heteroatoms. The number of rotatable bonds is 11. The first-order valence-electron chi connectivity index (χ1n) is 8.06. The Balaban J connectivity index is 2.80. The molecule has 0 fully saturated rings. The van der Waals surface area contributed by atoms with Crippen LogP contribution in [0.25, 0.3) is 0 Å². The van der Waals surface area contributed by atoms with Crippen molar-refractivity contribution >= 4 is 17.8 Å². The summed E-state index contributed by atoms with van der Waals surface area (Å²) in [6.45, 7) is 0.185. The summed E-state index contributed by atoms with van der Waals surface area (Å²) in [5, 5.41) is 14.3. The zero-order valence-corrected chi connectivity index (χ0v) is 14.3. The lowest BCUT2D eigenvalue weighted by Gasteiger charge is -2.21. The summed E-state index contributed by atoms with van der Waals surface area (Å²) in [6, 6.07) is -1.98. The van der Waals surface area contributed by atoms with Crippen molar-refractivity contribution in [1.82, 2.24) is 20.2 Å². The van der Waals surface area contributed by atoms with Crippen LogP contribution in [0.2, 0.25) is 0 Å². The summed E-state index contributed by atoms with van der Waals surface area (Å²) in [5.41, 5.74) is 11.4. The summed E-state index contributed by atoms with van der Waals surface area (Å²) in [7, 11) is 1.76. The number of aryl methyl sites for hydroxylation is 1. The number of nitrogens with zero attached hydrogens (tertiary/aromatic N) is 2. The van der Waals surface area contributed by atoms with Crippen LogP contribution in [0.3, 0.4) is 0 Å². The van der Waals surface area contributed by atoms with Gasteiger partial charge in [0.1, 0.15) is 12.1 Å². The van der Waals surface area contributed by atoms with Crippen LogP contribution >= 0.6 is 0 Å². The first kappa shape index (κ1) is 20.6. The topological polar surface area (TPSA) is 165 Å². The molecule has 0 aliphatic rings. The van der Waals surface area contributed by atoms with Gasteiger partial charge in [-0.05, 0) is 25.8 Å². The highest BCUT2D eigenvalue weighted by Crippen LogP contribution is 2.05. The molecular weight excluding hydrogens is 328 g/mol. The Hall–Kier alpha value is -2.46. The highest BCUT2D eigenvalue weighted by molar-refractivity contribution is 5.90. The fraction of sp³-hybridized carbons (Fsp3) is 0.600. The third kappa shape index (κ3) is 6.89. The van der Waals surface area contributed by atoms with Gasteiger partial charge in [0.25, 0.3) is 0 Å². The summed E-state index contributed by atoms with van der Waals surface area (Å²) in [6.07, 6.45) is 4.83. The molecule has 1 aromatic rings. The first-order chi connectivity index (χ1) is 11.9. The standard InChI is InChI=1S/C15H26N6O4/c1-21-9-18-8-10(21)6-12(19-13(22)7-17)14(23)20-11(15(24)25)4-2-3-5-16/h8-9,11-12H,2-7,16-17H2,1H3,(H,19,22)(H,20,23)(H,24,25)/t11-,12-/m0/s1. The van der Waals surface area contributed by atoms with E-state index in [4.69, 9.17) is 11.5 Å². The smallest absolute Gasteiger partial charge is 0.326 e. The number of carbonyl (C=O) groups is 3. The molecule has 10 nitrogen and oxygen atoms in total. The number of amides is 2. The van der Waals surface area contributed by atoms with E-state index in [0.717, 1.165) is 0 Å². The molecule has 0 saturated carbocycles. The van der Waals surface area contributed by atoms with E-state index in [1.807, 2.05) is 0 Å². The second kappa shape index (κ2) is 10.4. The highest BCUT2D eigenvalue weighted by Gasteiger charge is 2.27. The van der Waals surface area contributed by atoms with Gasteiger partial charge in [0.2, 0.25) is 11.8 Å². The number of carboxylic acids is 1. The molecule has 0 aromatic carbocycles. The molecule has 1 heterocycles. The quantitative estimate of drug-likeness (QED) is 0.290. The molecule has 2 atom stereocenters. The lowest BCUT2D eigenvalue weighted by Crippen LogP contribution is -2.53. The van der Waals surface area contributed by atoms with Crippen LogP contribution in [0, 0.1) is 0 Å². The minimum Gasteiger partial charge on any atom is -0.480 e. The van der Waals surface area contributed by atoms with Crippen LogP contribution in [0.15, 0.2) is 12.5 Å². The maximum Gasteiger partial charge on any atom is 0.326 e. The average Bonchev–Trinajstić information content (AvgIpc) is 2.97. The fourth-order valence-corrected chi connectivity index (χ4v) is 2.28. The Morgan fingerprint density at radius 2 is 1.96 bits per heavy atom. The van der Waals surface area contributed by atoms with Gasteiger partial charge in [-0.3, -0.25) is 9.59 Å². The minimum absolute atomic E-state index is 0.170. The van der Waals surface area contributed by atoms with Crippen molar-refractivity contribution in [2.45, 2.75) is 37.8 Å². The molecule has 140 valence electrons. The maximum absolute atomic E-state index is 12.5. The van der Waals surface area contributed by atoms with Crippen molar-refractivity contribution in [1.29, 1.82) is 0 Å². The van der Waals surface area contributed by atoms with Gasteiger partial charge in [0.15, 0.2) is 0 Å². The number of hydrogen-bond acceptors (Lipinski definition) is 6. The van der Waals surface area contributed by atoms with Crippen molar-refractivity contribution in [2.24, 2.45) is 18.5 Å². The highest BCUT2D eigenvalue weighted by atomic mass is 16.4. The van der Waals surface area contributed by atoms with Gasteiger partial charge in [-0.25, -0.2) is 9.78 Å². The van der Waals surface area contributed by atoms with Crippen molar-refractivity contribution < 1.29 is 19.5 Å². The van der Waals surface area contributed by atoms with E-state index in [-0.39, 0.29) is 19.4 Å². The van der Waals surface area contributed by atoms with Gasteiger partial charge in [-0.1, -0.05) is 0 Å². The van der Waals surface area contributed by atoms with Crippen LogP contribution in [0.4, 0.5) is 0 Å². The van der Waals surface area contributed by atoms with E-state index in [1.165, 1.54) is 0 Å². The molecule has 25 heavy (non-hydrogen) atoms. The average molecular weight is 354 g/mol. The Morgan fingerprint density at radius 3 is 2.48 bits per heavy atom. The zero-order chi connectivity index (χ0) is 18.8. The third-order valence-electron chi connectivity index (χ3n) is 3.73. The lowest BCUT2D eigenvalue weighted by atomic mass is 10.1. The first-order valence-corrected chi connectivity index (χ1v) is 8.06. The van der Waals surface area contributed by atoms with E-state index in [9.17, 15) is 19.5 Å². The van der Waals surface area contributed by atoms with Crippen molar-refractivity contribution in [3.05, 3.63) is 18.2 Å². The molecule has 0 spiro atoms. The molecular formula is C15H26N6O4. The predicted molar refractivity (Wildman–Crippen MR) is 90.4 cm³/mol. The van der Waals surface area contributed by atoms with Gasteiger partial charge < -0.3 is 31.8 Å². The molecule has 0 saturated heterocycles. The summed E-state index contributed by atoms with van der Waals surface area (Å²) >= 11 is 0. The van der Waals surface area contributed by atoms with Gasteiger partial charge >= 0.3 is 5.97 Å². The molecule has 0 bridgehead atoms. The summed E-state index contributed by atoms with van der Waals surface area (Å²) in [4.78, 5) is 39.4. The second-order valence-corrected chi connectivity index (χ2v) is 5.71. The normalized spacial score (nSPS) is 13.1. The number of carbonyl (C=O) groups excluding carboxylic acids is 2. The van der Waals surface area contributed by atoms with Crippen LogP contribution in [0.5, 0.6) is 0 Å². The molecule has 0 radical (unpaired) electrons. The number of hydrogen-bond donors (Lipinski definition) is 5. The van der Waals surface area contributed by atoms with Crippen LogP contribution < -0.4 is 22.1 Å². The molecule has 2 amide bonds. The lowest BCUT2D eigenvalue weighted by molar-refractivity contribution is -0.142. The van der Waals surface area contributed by atoms with Gasteiger partial charge in [-0.2, -0.15) is 0 Å². The largest absolute Gasteiger partial charge is 0.480 e. The molecule has 0 aliphatic heterocycles. The third-order valence-corrected chi connectivity index (χ3v) is 3.73. The summed E-state index contributed by atoms with van der Waals surface area (Å²) in [5.74, 6) is -2.21. The Labute approximate surface area is 146 Å². The van der Waals surface area contributed by atoms with Crippen molar-refractivity contribution in [3.8, 4) is 0 Å². The minimum atomic E-state index is -1.13. The van der Waals surface area contributed by atoms with E-state index in [0.29, 0.717) is 25.1 Å². The van der Waals surface area contributed by atoms with E-state index < -0.39 is 29.9 Å². The van der Waals surface area contributed by atoms with E-state index >= 15 is 0 Å². The predicted octanol–water partition coefficient (Wildman–Crippen LogP) is -1.90. The maximum atomic E-state index is 12.5. The second-order valence-electron chi connectivity index (χ2n) is 5.71. The molecule has 1 aromatic heterocycles. The van der Waals surface area contributed by atoms with E-state index in [1.54, 1.807) is 24.1 Å². The number of nitrogens with one attached hydrogen (secondary N) is 2. The monoisotopic (exact) mass is 354 g/mol. The van der Waals surface area contributed by atoms with Crippen LogP contribution in [-0.4, -0.2) is 57.6 Å². The number of carboxylic acid groups (broad SMARTS) is 1. The number of imidazole rings is 1. The van der Waals surface area contributed by atoms with E-state index in [2.05, 4.69) is 15.6 Å². The number of unbranched alkanes of at least 4 members (excludes halogenated alkanes) is 1. The zero-order valence-electron chi connectivity index (χ0n) is 14.3. The molecule has 7 N–H and O–H groups in total. The molecule has 0 aliphatic carbocycles. The number of nitrogens with two attached hydrogens (primary N) is 2. The summed E-state index contributed by atoms with van der Waals surface area (Å²) < 4.78 is 1.71. The fourth-order valence-electron chi connectivity index (χ4n) is 2.28.